The lowest BCUT2D eigenvalue weighted by Crippen LogP contribution is -2.47. The molecule has 0 radical (unpaired) electrons. The molecule has 0 amide bonds. The normalized spacial score (nSPS) is 15.5. The van der Waals surface area contributed by atoms with Crippen LogP contribution in [0.1, 0.15) is 0 Å². The van der Waals surface area contributed by atoms with Crippen LogP contribution in [0.3, 0.4) is 0 Å². The number of rotatable bonds is 8. The maximum atomic E-state index is 14.8. The molecule has 1 unspecified atom stereocenters. The fraction of sp³-hybridized carbons (Fsp3) is 0.385. The summed E-state index contributed by atoms with van der Waals surface area (Å²) < 4.78 is 66.9. The molecule has 13 nitrogen and oxygen atoms in total. The number of piperazine rings is 1. The highest BCUT2D eigenvalue weighted by Gasteiger charge is 2.38. The summed E-state index contributed by atoms with van der Waals surface area (Å²) in [5.74, 6) is 0.0652. The monoisotopic (exact) mass is 605 g/mol. The molecule has 0 saturated carbocycles. The van der Waals surface area contributed by atoms with E-state index in [1.165, 1.54) is 32.0 Å². The van der Waals surface area contributed by atoms with Crippen molar-refractivity contribution >= 4 is 28.4 Å². The van der Waals surface area contributed by atoms with Gasteiger partial charge in [-0.3, -0.25) is 14.0 Å². The highest BCUT2D eigenvalue weighted by molar-refractivity contribution is 5.88. The molecular weight excluding hydrogens is 578 g/mol. The first-order chi connectivity index (χ1) is 20.5. The van der Waals surface area contributed by atoms with Crippen molar-refractivity contribution < 1.29 is 31.8 Å². The number of aliphatic hydroxyl groups is 1. The maximum Gasteiger partial charge on any atom is 0.417 e. The van der Waals surface area contributed by atoms with E-state index >= 15 is 0 Å². The first kappa shape index (κ1) is 28.5. The van der Waals surface area contributed by atoms with Gasteiger partial charge in [-0.05, 0) is 24.3 Å². The Balaban J connectivity index is 1.12. The molecule has 1 aliphatic rings. The van der Waals surface area contributed by atoms with Crippen LogP contribution >= 0.6 is 0 Å². The number of alkyl halides is 3. The number of furan rings is 1. The summed E-state index contributed by atoms with van der Waals surface area (Å²) in [6.45, 7) is 1.92. The van der Waals surface area contributed by atoms with E-state index in [1.54, 1.807) is 19.2 Å². The van der Waals surface area contributed by atoms with E-state index in [9.17, 15) is 22.4 Å². The molecule has 1 aliphatic heterocycles. The van der Waals surface area contributed by atoms with Crippen molar-refractivity contribution in [2.24, 2.45) is 7.05 Å². The van der Waals surface area contributed by atoms with Crippen LogP contribution in [-0.2, 0) is 13.6 Å². The van der Waals surface area contributed by atoms with Gasteiger partial charge >= 0.3 is 11.9 Å². The number of hydrogen-bond donors (Lipinski definition) is 2. The van der Waals surface area contributed by atoms with Crippen molar-refractivity contribution in [3.63, 3.8) is 0 Å². The average Bonchev–Trinajstić information content (AvgIpc) is 3.71. The number of nitrogens with two attached hydrogens (primary N) is 1. The van der Waals surface area contributed by atoms with Crippen LogP contribution < -0.4 is 21.1 Å². The Morgan fingerprint density at radius 2 is 1.88 bits per heavy atom. The number of anilines is 2. The molecule has 5 heterocycles. The van der Waals surface area contributed by atoms with E-state index in [2.05, 4.69) is 20.0 Å². The van der Waals surface area contributed by atoms with Gasteiger partial charge in [-0.25, -0.2) is 14.2 Å². The molecule has 6 rings (SSSR count). The Labute approximate surface area is 240 Å². The quantitative estimate of drug-likeness (QED) is 0.252. The molecule has 0 bridgehead atoms. The first-order valence-electron chi connectivity index (χ1n) is 13.3. The summed E-state index contributed by atoms with van der Waals surface area (Å²) in [4.78, 5) is 26.1. The minimum absolute atomic E-state index is 0.0655. The molecule has 3 N–H and O–H groups in total. The zero-order chi connectivity index (χ0) is 30.5. The van der Waals surface area contributed by atoms with Crippen LogP contribution in [0, 0.1) is 5.82 Å². The standard InChI is InChI=1S/C26H27F4N9O4/c1-35-20-22(33-24(31)39-23(20)32-21(34-39)18-3-2-12-42-18)38(25(35)41)11-8-36-6-9-37(10-7-36)17-5-4-15(13-16(17)27)43-14-19(40)26(28,29)30/h2-5,12-13,19,40H,6-11,14H2,1H3,(H2,31,33). The van der Waals surface area contributed by atoms with Crippen LogP contribution in [0.15, 0.2) is 45.8 Å². The predicted octanol–water partition coefficient (Wildman–Crippen LogP) is 1.88. The molecular formula is C26H27F4N9O4. The second-order valence-corrected chi connectivity index (χ2v) is 10.1. The van der Waals surface area contributed by atoms with Crippen molar-refractivity contribution in [3.05, 3.63) is 52.9 Å². The third kappa shape index (κ3) is 5.36. The second-order valence-electron chi connectivity index (χ2n) is 10.1. The van der Waals surface area contributed by atoms with Crippen molar-refractivity contribution in [2.75, 3.05) is 50.0 Å². The number of benzene rings is 1. The number of nitrogens with zero attached hydrogens (tertiary/aromatic N) is 8. The molecule has 5 aromatic rings. The molecule has 1 atom stereocenters. The van der Waals surface area contributed by atoms with Gasteiger partial charge in [0.25, 0.3) is 0 Å². The number of nitrogen functional groups attached to an aromatic ring is 1. The van der Waals surface area contributed by atoms with Crippen LogP contribution in [0.2, 0.25) is 0 Å². The van der Waals surface area contributed by atoms with E-state index in [-0.39, 0.29) is 17.4 Å². The number of hydrogen-bond acceptors (Lipinski definition) is 10. The average molecular weight is 606 g/mol. The SMILES string of the molecule is Cn1c(=O)n(CCN2CCN(c3ccc(OCC(O)C(F)(F)F)cc3F)CC2)c2nc(N)n3nc(-c4ccco4)nc3c21. The predicted molar refractivity (Wildman–Crippen MR) is 146 cm³/mol. The van der Waals surface area contributed by atoms with Crippen LogP contribution in [0.4, 0.5) is 29.2 Å². The molecule has 43 heavy (non-hydrogen) atoms. The lowest BCUT2D eigenvalue weighted by atomic mass is 10.2. The Hall–Kier alpha value is -4.64. The van der Waals surface area contributed by atoms with Gasteiger partial charge < -0.3 is 24.9 Å². The van der Waals surface area contributed by atoms with Crippen molar-refractivity contribution in [2.45, 2.75) is 18.8 Å². The fourth-order valence-electron chi connectivity index (χ4n) is 5.06. The van der Waals surface area contributed by atoms with Crippen LogP contribution in [-0.4, -0.2) is 90.3 Å². The third-order valence-electron chi connectivity index (χ3n) is 7.38. The lowest BCUT2D eigenvalue weighted by Gasteiger charge is -2.36. The molecule has 17 heteroatoms. The smallest absolute Gasteiger partial charge is 0.417 e. The molecule has 228 valence electrons. The number of fused-ring (bicyclic) bond motifs is 3. The van der Waals surface area contributed by atoms with Crippen LogP contribution in [0.25, 0.3) is 28.4 Å². The van der Waals surface area contributed by atoms with Gasteiger partial charge in [0.05, 0.1) is 12.0 Å². The van der Waals surface area contributed by atoms with E-state index in [1.807, 2.05) is 4.90 Å². The number of aliphatic hydroxyl groups excluding tert-OH is 1. The Morgan fingerprint density at radius 1 is 1.12 bits per heavy atom. The van der Waals surface area contributed by atoms with E-state index in [4.69, 9.17) is 20.0 Å². The molecule has 1 aromatic carbocycles. The Bertz CT molecular complexity index is 1820. The molecule has 1 fully saturated rings. The van der Waals surface area contributed by atoms with Crippen molar-refractivity contribution in [1.29, 1.82) is 0 Å². The lowest BCUT2D eigenvalue weighted by molar-refractivity contribution is -0.210. The zero-order valence-electron chi connectivity index (χ0n) is 22.8. The summed E-state index contributed by atoms with van der Waals surface area (Å²) >= 11 is 0. The zero-order valence-corrected chi connectivity index (χ0v) is 22.8. The van der Waals surface area contributed by atoms with E-state index in [0.29, 0.717) is 73.4 Å². The van der Waals surface area contributed by atoms with Gasteiger partial charge in [-0.1, -0.05) is 0 Å². The molecule has 0 spiro atoms. The van der Waals surface area contributed by atoms with Gasteiger partial charge in [-0.2, -0.15) is 22.7 Å². The summed E-state index contributed by atoms with van der Waals surface area (Å²) in [7, 11) is 1.63. The highest BCUT2D eigenvalue weighted by Crippen LogP contribution is 2.27. The van der Waals surface area contributed by atoms with Gasteiger partial charge in [0, 0.05) is 52.4 Å². The molecule has 1 saturated heterocycles. The van der Waals surface area contributed by atoms with E-state index < -0.39 is 24.7 Å². The highest BCUT2D eigenvalue weighted by atomic mass is 19.4. The van der Waals surface area contributed by atoms with Gasteiger partial charge in [0.1, 0.15) is 23.7 Å². The maximum absolute atomic E-state index is 14.8. The minimum atomic E-state index is -4.82. The number of aromatic nitrogens is 6. The first-order valence-corrected chi connectivity index (χ1v) is 13.3. The molecule has 0 aliphatic carbocycles. The topological polar surface area (TPSA) is 145 Å². The fourth-order valence-corrected chi connectivity index (χ4v) is 5.06. The summed E-state index contributed by atoms with van der Waals surface area (Å²) in [6.07, 6.45) is -5.98. The number of ether oxygens (including phenoxy) is 1. The third-order valence-corrected chi connectivity index (χ3v) is 7.38. The van der Waals surface area contributed by atoms with Crippen LogP contribution in [0.5, 0.6) is 5.75 Å². The largest absolute Gasteiger partial charge is 0.490 e. The van der Waals surface area contributed by atoms with Gasteiger partial charge in [-0.15, -0.1) is 5.10 Å². The number of halogens is 4. The Morgan fingerprint density at radius 3 is 2.56 bits per heavy atom. The molecule has 4 aromatic heterocycles. The number of aryl methyl sites for hydroxylation is 1. The summed E-state index contributed by atoms with van der Waals surface area (Å²) in [5, 5.41) is 13.5. The summed E-state index contributed by atoms with van der Waals surface area (Å²) in [6, 6.07) is 7.23. The van der Waals surface area contributed by atoms with Crippen molar-refractivity contribution in [1.82, 2.24) is 33.6 Å². The second kappa shape index (κ2) is 10.9. The van der Waals surface area contributed by atoms with Gasteiger partial charge in [0.15, 0.2) is 23.2 Å². The number of imidazole rings is 1. The Kier molecular flexibility index (Phi) is 7.21. The summed E-state index contributed by atoms with van der Waals surface area (Å²) in [5.41, 5.74) is 7.41. The van der Waals surface area contributed by atoms with Gasteiger partial charge in [0.2, 0.25) is 11.8 Å². The van der Waals surface area contributed by atoms with E-state index in [0.717, 1.165) is 6.07 Å². The van der Waals surface area contributed by atoms with Crippen molar-refractivity contribution in [3.8, 4) is 17.3 Å². The minimum Gasteiger partial charge on any atom is -0.490 e.